The van der Waals surface area contributed by atoms with Crippen molar-refractivity contribution in [2.45, 2.75) is 32.7 Å². The van der Waals surface area contributed by atoms with E-state index in [1.165, 1.54) is 25.5 Å². The molecular formula is C25H25FN6O3. The van der Waals surface area contributed by atoms with Crippen LogP contribution >= 0.6 is 0 Å². The fourth-order valence-electron chi connectivity index (χ4n) is 3.38. The third-order valence-electron chi connectivity index (χ3n) is 5.23. The maximum absolute atomic E-state index is 14.8. The second-order valence-electron chi connectivity index (χ2n) is 8.91. The SMILES string of the molecule is CNC(=O)c1ccc2ncnc(Oc3ccc(CC(=O)Nc4cnn(C(C)(C)C)c4)c(F)c3)c2c1. The summed E-state index contributed by atoms with van der Waals surface area (Å²) in [6, 6.07) is 9.17. The van der Waals surface area contributed by atoms with Crippen molar-refractivity contribution >= 4 is 28.4 Å². The Kier molecular flexibility index (Phi) is 6.46. The van der Waals surface area contributed by atoms with Gasteiger partial charge in [-0.2, -0.15) is 5.10 Å². The van der Waals surface area contributed by atoms with Crippen molar-refractivity contribution < 1.29 is 18.7 Å². The van der Waals surface area contributed by atoms with E-state index in [-0.39, 0.29) is 41.0 Å². The van der Waals surface area contributed by atoms with Crippen molar-refractivity contribution in [3.8, 4) is 11.6 Å². The van der Waals surface area contributed by atoms with E-state index in [9.17, 15) is 14.0 Å². The molecule has 0 bridgehead atoms. The van der Waals surface area contributed by atoms with E-state index in [1.807, 2.05) is 20.8 Å². The van der Waals surface area contributed by atoms with E-state index in [0.717, 1.165) is 0 Å². The van der Waals surface area contributed by atoms with Gasteiger partial charge < -0.3 is 15.4 Å². The van der Waals surface area contributed by atoms with Gasteiger partial charge in [-0.05, 0) is 50.6 Å². The van der Waals surface area contributed by atoms with Crippen LogP contribution in [-0.4, -0.2) is 38.6 Å². The highest BCUT2D eigenvalue weighted by Crippen LogP contribution is 2.28. The van der Waals surface area contributed by atoms with Gasteiger partial charge in [0.1, 0.15) is 17.9 Å². The third kappa shape index (κ3) is 5.43. The molecule has 0 radical (unpaired) electrons. The first-order chi connectivity index (χ1) is 16.6. The zero-order valence-electron chi connectivity index (χ0n) is 19.8. The molecule has 0 aliphatic carbocycles. The van der Waals surface area contributed by atoms with Crippen LogP contribution < -0.4 is 15.4 Å². The number of ether oxygens (including phenoxy) is 1. The quantitative estimate of drug-likeness (QED) is 0.434. The summed E-state index contributed by atoms with van der Waals surface area (Å²) in [5.41, 5.74) is 1.53. The number of anilines is 1. The Balaban J connectivity index is 1.48. The standard InChI is InChI=1S/C25H25FN6O3/c1-25(2,3)32-13-17(12-30-32)31-22(33)10-15-5-7-18(11-20(15)26)35-24-19-9-16(23(34)27-4)6-8-21(19)28-14-29-24/h5-9,11-14H,10H2,1-4H3,(H,27,34)(H,31,33). The van der Waals surface area contributed by atoms with Crippen LogP contribution in [0.25, 0.3) is 10.9 Å². The normalized spacial score (nSPS) is 11.3. The number of aromatic nitrogens is 4. The van der Waals surface area contributed by atoms with Crippen LogP contribution in [-0.2, 0) is 16.8 Å². The Labute approximate surface area is 201 Å². The second-order valence-corrected chi connectivity index (χ2v) is 8.91. The average Bonchev–Trinajstić information content (AvgIpc) is 3.29. The molecular weight excluding hydrogens is 451 g/mol. The number of hydrogen-bond acceptors (Lipinski definition) is 6. The molecule has 4 rings (SSSR count). The number of amides is 2. The number of hydrogen-bond donors (Lipinski definition) is 2. The first kappa shape index (κ1) is 23.8. The summed E-state index contributed by atoms with van der Waals surface area (Å²) < 4.78 is 22.3. The molecule has 0 saturated heterocycles. The molecule has 35 heavy (non-hydrogen) atoms. The zero-order valence-corrected chi connectivity index (χ0v) is 19.8. The molecule has 2 heterocycles. The Morgan fingerprint density at radius 3 is 2.60 bits per heavy atom. The summed E-state index contributed by atoms with van der Waals surface area (Å²) in [6.07, 6.45) is 4.46. The number of rotatable bonds is 6. The van der Waals surface area contributed by atoms with Crippen LogP contribution in [0.5, 0.6) is 11.6 Å². The summed E-state index contributed by atoms with van der Waals surface area (Å²) in [6.45, 7) is 5.99. The first-order valence-corrected chi connectivity index (χ1v) is 10.9. The highest BCUT2D eigenvalue weighted by molar-refractivity contribution is 5.98. The molecule has 4 aromatic rings. The fourth-order valence-corrected chi connectivity index (χ4v) is 3.38. The lowest BCUT2D eigenvalue weighted by molar-refractivity contribution is -0.115. The van der Waals surface area contributed by atoms with Crippen LogP contribution in [0.15, 0.2) is 55.1 Å². The maximum Gasteiger partial charge on any atom is 0.251 e. The molecule has 2 amide bonds. The van der Waals surface area contributed by atoms with Crippen molar-refractivity contribution in [2.75, 3.05) is 12.4 Å². The first-order valence-electron chi connectivity index (χ1n) is 10.9. The van der Waals surface area contributed by atoms with Crippen molar-refractivity contribution in [3.63, 3.8) is 0 Å². The molecule has 0 aliphatic heterocycles. The number of carbonyl (C=O) groups is 2. The third-order valence-corrected chi connectivity index (χ3v) is 5.23. The van der Waals surface area contributed by atoms with Crippen LogP contribution in [0.2, 0.25) is 0 Å². The van der Waals surface area contributed by atoms with Gasteiger partial charge in [0.2, 0.25) is 11.8 Å². The van der Waals surface area contributed by atoms with Gasteiger partial charge in [0.25, 0.3) is 5.91 Å². The maximum atomic E-state index is 14.8. The topological polar surface area (TPSA) is 111 Å². The van der Waals surface area contributed by atoms with Gasteiger partial charge in [-0.15, -0.1) is 0 Å². The molecule has 0 saturated carbocycles. The molecule has 0 aliphatic rings. The molecule has 0 spiro atoms. The molecule has 2 N–H and O–H groups in total. The number of nitrogens with one attached hydrogen (secondary N) is 2. The Morgan fingerprint density at radius 2 is 1.91 bits per heavy atom. The van der Waals surface area contributed by atoms with E-state index < -0.39 is 5.82 Å². The summed E-state index contributed by atoms with van der Waals surface area (Å²) >= 11 is 0. The minimum absolute atomic E-state index is 0.154. The highest BCUT2D eigenvalue weighted by atomic mass is 19.1. The van der Waals surface area contributed by atoms with E-state index in [4.69, 9.17) is 4.74 Å². The predicted octanol–water partition coefficient (Wildman–Crippen LogP) is 4.05. The Hall–Kier alpha value is -4.34. The molecule has 9 nitrogen and oxygen atoms in total. The molecule has 2 aromatic heterocycles. The van der Waals surface area contributed by atoms with Crippen molar-refractivity contribution in [1.29, 1.82) is 0 Å². The van der Waals surface area contributed by atoms with E-state index >= 15 is 0 Å². The lowest BCUT2D eigenvalue weighted by Gasteiger charge is -2.18. The largest absolute Gasteiger partial charge is 0.438 e. The molecule has 180 valence electrons. The van der Waals surface area contributed by atoms with Crippen LogP contribution in [0.4, 0.5) is 10.1 Å². The number of fused-ring (bicyclic) bond motifs is 1. The number of halogens is 1. The van der Waals surface area contributed by atoms with Gasteiger partial charge in [0.05, 0.1) is 34.7 Å². The van der Waals surface area contributed by atoms with Crippen molar-refractivity contribution in [1.82, 2.24) is 25.1 Å². The minimum atomic E-state index is -0.590. The van der Waals surface area contributed by atoms with Gasteiger partial charge in [0, 0.05) is 24.9 Å². The molecule has 0 atom stereocenters. The van der Waals surface area contributed by atoms with Gasteiger partial charge in [0.15, 0.2) is 0 Å². The van der Waals surface area contributed by atoms with E-state index in [1.54, 1.807) is 41.3 Å². The molecule has 10 heteroatoms. The number of benzene rings is 2. The van der Waals surface area contributed by atoms with Gasteiger partial charge in [-0.3, -0.25) is 14.3 Å². The average molecular weight is 477 g/mol. The number of nitrogens with zero attached hydrogens (tertiary/aromatic N) is 4. The fraction of sp³-hybridized carbons (Fsp3) is 0.240. The zero-order chi connectivity index (χ0) is 25.2. The molecule has 2 aromatic carbocycles. The predicted molar refractivity (Wildman–Crippen MR) is 129 cm³/mol. The monoisotopic (exact) mass is 476 g/mol. The van der Waals surface area contributed by atoms with Crippen molar-refractivity contribution in [2.24, 2.45) is 0 Å². The number of carbonyl (C=O) groups excluding carboxylic acids is 2. The summed E-state index contributed by atoms with van der Waals surface area (Å²) in [7, 11) is 1.54. The van der Waals surface area contributed by atoms with Crippen LogP contribution in [0.3, 0.4) is 0 Å². The van der Waals surface area contributed by atoms with E-state index in [2.05, 4.69) is 25.7 Å². The minimum Gasteiger partial charge on any atom is -0.438 e. The van der Waals surface area contributed by atoms with Crippen LogP contribution in [0, 0.1) is 5.82 Å². The summed E-state index contributed by atoms with van der Waals surface area (Å²) in [5.74, 6) is -0.840. The van der Waals surface area contributed by atoms with Gasteiger partial charge in [-0.25, -0.2) is 14.4 Å². The van der Waals surface area contributed by atoms with Gasteiger partial charge in [-0.1, -0.05) is 6.07 Å². The summed E-state index contributed by atoms with van der Waals surface area (Å²) in [4.78, 5) is 32.7. The van der Waals surface area contributed by atoms with Gasteiger partial charge >= 0.3 is 0 Å². The molecule has 0 fully saturated rings. The lowest BCUT2D eigenvalue weighted by Crippen LogP contribution is -2.22. The molecule has 0 unspecified atom stereocenters. The van der Waals surface area contributed by atoms with E-state index in [0.29, 0.717) is 22.2 Å². The smallest absolute Gasteiger partial charge is 0.251 e. The Morgan fingerprint density at radius 1 is 1.11 bits per heavy atom. The lowest BCUT2D eigenvalue weighted by atomic mass is 10.1. The van der Waals surface area contributed by atoms with Crippen LogP contribution in [0.1, 0.15) is 36.7 Å². The summed E-state index contributed by atoms with van der Waals surface area (Å²) in [5, 5.41) is 10.0. The van der Waals surface area contributed by atoms with Crippen molar-refractivity contribution in [3.05, 3.63) is 72.1 Å². The highest BCUT2D eigenvalue weighted by Gasteiger charge is 2.16. The second kappa shape index (κ2) is 9.49. The Bertz CT molecular complexity index is 1410.